The van der Waals surface area contributed by atoms with Crippen LogP contribution in [-0.4, -0.2) is 23.0 Å². The van der Waals surface area contributed by atoms with Crippen LogP contribution in [0, 0.1) is 0 Å². The van der Waals surface area contributed by atoms with E-state index in [-0.39, 0.29) is 18.4 Å². The molecule has 5 heteroatoms. The number of hydrogen-bond donors (Lipinski definition) is 3. The van der Waals surface area contributed by atoms with Crippen molar-refractivity contribution in [2.45, 2.75) is 45.1 Å². The summed E-state index contributed by atoms with van der Waals surface area (Å²) in [7, 11) is 0. The van der Waals surface area contributed by atoms with Gasteiger partial charge in [-0.2, -0.15) is 0 Å². The second-order valence-corrected chi connectivity index (χ2v) is 5.01. The number of aryl methyl sites for hydroxylation is 1. The summed E-state index contributed by atoms with van der Waals surface area (Å²) in [6, 6.07) is 7.39. The Morgan fingerprint density at radius 1 is 1.35 bits per heavy atom. The molecule has 5 nitrogen and oxygen atoms in total. The SMILES string of the molecule is CC(N)CCCC(=O)Nc1cccc(CCC(=O)O)c1. The molecule has 1 aromatic carbocycles. The van der Waals surface area contributed by atoms with Gasteiger partial charge < -0.3 is 16.2 Å². The van der Waals surface area contributed by atoms with Crippen LogP contribution < -0.4 is 11.1 Å². The maximum Gasteiger partial charge on any atom is 0.303 e. The Morgan fingerprint density at radius 3 is 2.75 bits per heavy atom. The number of carboxylic acid groups (broad SMARTS) is 1. The number of nitrogens with one attached hydrogen (secondary N) is 1. The standard InChI is InChI=1S/C15H22N2O3/c1-11(16)4-2-7-14(18)17-13-6-3-5-12(10-13)8-9-15(19)20/h3,5-6,10-11H,2,4,7-9,16H2,1H3,(H,17,18)(H,19,20). The van der Waals surface area contributed by atoms with Crippen molar-refractivity contribution in [3.05, 3.63) is 29.8 Å². The lowest BCUT2D eigenvalue weighted by molar-refractivity contribution is -0.137. The maximum atomic E-state index is 11.7. The Hall–Kier alpha value is -1.88. The molecule has 1 unspecified atom stereocenters. The van der Waals surface area contributed by atoms with E-state index in [0.717, 1.165) is 18.4 Å². The Kier molecular flexibility index (Phi) is 6.73. The molecule has 4 N–H and O–H groups in total. The van der Waals surface area contributed by atoms with Gasteiger partial charge in [0.1, 0.15) is 0 Å². The molecule has 0 fully saturated rings. The van der Waals surface area contributed by atoms with E-state index in [1.807, 2.05) is 25.1 Å². The highest BCUT2D eigenvalue weighted by Gasteiger charge is 2.05. The van der Waals surface area contributed by atoms with Gasteiger partial charge in [-0.25, -0.2) is 0 Å². The number of carbonyl (C=O) groups is 2. The molecule has 1 aromatic rings. The predicted molar refractivity (Wildman–Crippen MR) is 78.5 cm³/mol. The van der Waals surface area contributed by atoms with Crippen molar-refractivity contribution in [3.63, 3.8) is 0 Å². The number of amides is 1. The zero-order valence-electron chi connectivity index (χ0n) is 11.8. The van der Waals surface area contributed by atoms with Gasteiger partial charge in [-0.1, -0.05) is 12.1 Å². The third-order valence-electron chi connectivity index (χ3n) is 2.90. The fourth-order valence-corrected chi connectivity index (χ4v) is 1.86. The van der Waals surface area contributed by atoms with E-state index in [0.29, 0.717) is 18.5 Å². The van der Waals surface area contributed by atoms with E-state index in [1.54, 1.807) is 6.07 Å². The van der Waals surface area contributed by atoms with Gasteiger partial charge in [-0.15, -0.1) is 0 Å². The number of nitrogens with two attached hydrogens (primary N) is 1. The van der Waals surface area contributed by atoms with Gasteiger partial charge in [0.2, 0.25) is 5.91 Å². The maximum absolute atomic E-state index is 11.7. The molecule has 0 spiro atoms. The molecular weight excluding hydrogens is 256 g/mol. The van der Waals surface area contributed by atoms with Crippen molar-refractivity contribution in [1.29, 1.82) is 0 Å². The molecule has 0 saturated carbocycles. The van der Waals surface area contributed by atoms with Crippen molar-refractivity contribution in [1.82, 2.24) is 0 Å². The van der Waals surface area contributed by atoms with Crippen LogP contribution in [0.25, 0.3) is 0 Å². The van der Waals surface area contributed by atoms with Gasteiger partial charge in [0, 0.05) is 24.6 Å². The molecule has 0 aliphatic heterocycles. The lowest BCUT2D eigenvalue weighted by atomic mass is 10.1. The number of benzene rings is 1. The molecule has 0 aliphatic rings. The van der Waals surface area contributed by atoms with Crippen LogP contribution in [0.3, 0.4) is 0 Å². The summed E-state index contributed by atoms with van der Waals surface area (Å²) >= 11 is 0. The molecule has 0 bridgehead atoms. The summed E-state index contributed by atoms with van der Waals surface area (Å²) in [5, 5.41) is 11.5. The number of anilines is 1. The van der Waals surface area contributed by atoms with Gasteiger partial charge in [-0.3, -0.25) is 9.59 Å². The third kappa shape index (κ3) is 6.89. The van der Waals surface area contributed by atoms with Crippen LogP contribution >= 0.6 is 0 Å². The zero-order valence-corrected chi connectivity index (χ0v) is 11.8. The molecule has 0 radical (unpaired) electrons. The molecule has 1 atom stereocenters. The van der Waals surface area contributed by atoms with Gasteiger partial charge in [-0.05, 0) is 43.9 Å². The average Bonchev–Trinajstić information content (AvgIpc) is 2.36. The number of carbonyl (C=O) groups excluding carboxylic acids is 1. The molecule has 0 heterocycles. The van der Waals surface area contributed by atoms with Crippen LogP contribution in [0.5, 0.6) is 0 Å². The van der Waals surface area contributed by atoms with Gasteiger partial charge >= 0.3 is 5.97 Å². The molecule has 20 heavy (non-hydrogen) atoms. The first kappa shape index (κ1) is 16.2. The van der Waals surface area contributed by atoms with Crippen molar-refractivity contribution in [3.8, 4) is 0 Å². The smallest absolute Gasteiger partial charge is 0.303 e. The summed E-state index contributed by atoms with van der Waals surface area (Å²) in [5.74, 6) is -0.864. The summed E-state index contributed by atoms with van der Waals surface area (Å²) in [6.45, 7) is 1.92. The normalized spacial score (nSPS) is 11.9. The molecule has 110 valence electrons. The first-order chi connectivity index (χ1) is 9.47. The van der Waals surface area contributed by atoms with E-state index in [9.17, 15) is 9.59 Å². The highest BCUT2D eigenvalue weighted by Crippen LogP contribution is 2.13. The first-order valence-corrected chi connectivity index (χ1v) is 6.83. The molecule has 1 rings (SSSR count). The third-order valence-corrected chi connectivity index (χ3v) is 2.90. The lowest BCUT2D eigenvalue weighted by Crippen LogP contribution is -2.16. The fraction of sp³-hybridized carbons (Fsp3) is 0.467. The first-order valence-electron chi connectivity index (χ1n) is 6.83. The average molecular weight is 278 g/mol. The lowest BCUT2D eigenvalue weighted by Gasteiger charge is -2.08. The van der Waals surface area contributed by atoms with Crippen molar-refractivity contribution in [2.24, 2.45) is 5.73 Å². The summed E-state index contributed by atoms with van der Waals surface area (Å²) in [6.07, 6.45) is 2.59. The minimum Gasteiger partial charge on any atom is -0.481 e. The van der Waals surface area contributed by atoms with Gasteiger partial charge in [0.05, 0.1) is 0 Å². The minimum atomic E-state index is -0.824. The molecule has 1 amide bonds. The Bertz CT molecular complexity index is 458. The highest BCUT2D eigenvalue weighted by atomic mass is 16.4. The van der Waals surface area contributed by atoms with Crippen LogP contribution in [0.15, 0.2) is 24.3 Å². The molecule has 0 aliphatic carbocycles. The second-order valence-electron chi connectivity index (χ2n) is 5.01. The molecular formula is C15H22N2O3. The number of carboxylic acids is 1. The molecule has 0 saturated heterocycles. The van der Waals surface area contributed by atoms with E-state index in [1.165, 1.54) is 0 Å². The van der Waals surface area contributed by atoms with E-state index in [4.69, 9.17) is 10.8 Å². The number of hydrogen-bond acceptors (Lipinski definition) is 3. The van der Waals surface area contributed by atoms with E-state index >= 15 is 0 Å². The van der Waals surface area contributed by atoms with E-state index in [2.05, 4.69) is 5.32 Å². The monoisotopic (exact) mass is 278 g/mol. The summed E-state index contributed by atoms with van der Waals surface area (Å²) < 4.78 is 0. The fourth-order valence-electron chi connectivity index (χ4n) is 1.86. The highest BCUT2D eigenvalue weighted by molar-refractivity contribution is 5.90. The predicted octanol–water partition coefficient (Wildman–Crippen LogP) is 2.16. The minimum absolute atomic E-state index is 0.0407. The van der Waals surface area contributed by atoms with Crippen LogP contribution in [0.1, 0.15) is 38.2 Å². The van der Waals surface area contributed by atoms with Gasteiger partial charge in [0.15, 0.2) is 0 Å². The van der Waals surface area contributed by atoms with Gasteiger partial charge in [0.25, 0.3) is 0 Å². The van der Waals surface area contributed by atoms with Crippen molar-refractivity contribution >= 4 is 17.6 Å². The summed E-state index contributed by atoms with van der Waals surface area (Å²) in [4.78, 5) is 22.3. The largest absolute Gasteiger partial charge is 0.481 e. The molecule has 0 aromatic heterocycles. The van der Waals surface area contributed by atoms with Crippen LogP contribution in [0.4, 0.5) is 5.69 Å². The van der Waals surface area contributed by atoms with Crippen LogP contribution in [-0.2, 0) is 16.0 Å². The quantitative estimate of drug-likeness (QED) is 0.679. The van der Waals surface area contributed by atoms with Crippen molar-refractivity contribution in [2.75, 3.05) is 5.32 Å². The van der Waals surface area contributed by atoms with Crippen LogP contribution in [0.2, 0.25) is 0 Å². The second kappa shape index (κ2) is 8.32. The number of aliphatic carboxylic acids is 1. The number of rotatable bonds is 8. The Morgan fingerprint density at radius 2 is 2.10 bits per heavy atom. The zero-order chi connectivity index (χ0) is 15.0. The summed E-state index contributed by atoms with van der Waals surface area (Å²) in [5.41, 5.74) is 7.24. The Balaban J connectivity index is 2.44. The topological polar surface area (TPSA) is 92.4 Å². The van der Waals surface area contributed by atoms with E-state index < -0.39 is 5.97 Å². The Labute approximate surface area is 119 Å². The van der Waals surface area contributed by atoms with Crippen molar-refractivity contribution < 1.29 is 14.7 Å².